The highest BCUT2D eigenvalue weighted by molar-refractivity contribution is 7.12. The van der Waals surface area contributed by atoms with Crippen molar-refractivity contribution in [2.75, 3.05) is 0 Å². The monoisotopic (exact) mass is 251 g/mol. The third-order valence-corrected chi connectivity index (χ3v) is 3.43. The average Bonchev–Trinajstić information content (AvgIpc) is 2.71. The van der Waals surface area contributed by atoms with Gasteiger partial charge in [-0.15, -0.1) is 17.8 Å². The van der Waals surface area contributed by atoms with Crippen LogP contribution in [0.5, 0.6) is 0 Å². The van der Waals surface area contributed by atoms with E-state index >= 15 is 0 Å². The van der Waals surface area contributed by atoms with Gasteiger partial charge in [0, 0.05) is 16.3 Å². The van der Waals surface area contributed by atoms with Crippen LogP contribution < -0.4 is 5.32 Å². The van der Waals surface area contributed by atoms with Crippen molar-refractivity contribution in [2.45, 2.75) is 38.8 Å². The molecule has 0 aliphatic heterocycles. The van der Waals surface area contributed by atoms with Crippen molar-refractivity contribution in [3.63, 3.8) is 0 Å². The number of thiophene rings is 1. The van der Waals surface area contributed by atoms with Crippen LogP contribution >= 0.6 is 11.3 Å². The molecule has 92 valence electrons. The van der Waals surface area contributed by atoms with Gasteiger partial charge in [0.05, 0.1) is 12.5 Å². The minimum Gasteiger partial charge on any atom is -0.481 e. The highest BCUT2D eigenvalue weighted by Crippen LogP contribution is 2.17. The van der Waals surface area contributed by atoms with Gasteiger partial charge in [0.1, 0.15) is 0 Å². The molecule has 17 heavy (non-hydrogen) atoms. The van der Waals surface area contributed by atoms with Gasteiger partial charge in [-0.2, -0.15) is 0 Å². The Morgan fingerprint density at radius 1 is 1.59 bits per heavy atom. The number of terminal acetylenes is 1. The largest absolute Gasteiger partial charge is 0.481 e. The Bertz CT molecular complexity index is 406. The van der Waals surface area contributed by atoms with Crippen LogP contribution in [0, 0.1) is 12.3 Å². The third kappa shape index (κ3) is 5.03. The topological polar surface area (TPSA) is 49.3 Å². The lowest BCUT2D eigenvalue weighted by molar-refractivity contribution is -0.136. The zero-order valence-corrected chi connectivity index (χ0v) is 10.7. The maximum atomic E-state index is 10.5. The van der Waals surface area contributed by atoms with Crippen LogP contribution in [0.15, 0.2) is 12.1 Å². The standard InChI is InChI=1S/C13H17NO2S/c1-3-5-10(4-2)14-9-12-7-6-11(17-12)8-13(15)16/h2,6-7,10,14H,3,5,8-9H2,1H3,(H,15,16). The van der Waals surface area contributed by atoms with Crippen LogP contribution in [0.2, 0.25) is 0 Å². The number of hydrogen-bond acceptors (Lipinski definition) is 3. The molecule has 1 unspecified atom stereocenters. The van der Waals surface area contributed by atoms with Gasteiger partial charge >= 0.3 is 5.97 Å². The molecule has 0 bridgehead atoms. The number of aliphatic carboxylic acids is 1. The Balaban J connectivity index is 2.44. The second-order valence-corrected chi connectivity index (χ2v) is 5.08. The molecule has 0 fully saturated rings. The van der Waals surface area contributed by atoms with Gasteiger partial charge in [-0.25, -0.2) is 0 Å². The lowest BCUT2D eigenvalue weighted by Crippen LogP contribution is -2.26. The zero-order valence-electron chi connectivity index (χ0n) is 9.90. The summed E-state index contributed by atoms with van der Waals surface area (Å²) in [4.78, 5) is 12.5. The number of carboxylic acids is 1. The highest BCUT2D eigenvalue weighted by atomic mass is 32.1. The second-order valence-electron chi connectivity index (χ2n) is 3.83. The van der Waals surface area contributed by atoms with Crippen LogP contribution in [0.25, 0.3) is 0 Å². The fourth-order valence-electron chi connectivity index (χ4n) is 1.52. The van der Waals surface area contributed by atoms with E-state index in [1.807, 2.05) is 12.1 Å². The van der Waals surface area contributed by atoms with Gasteiger partial charge in [-0.05, 0) is 18.6 Å². The summed E-state index contributed by atoms with van der Waals surface area (Å²) in [5.41, 5.74) is 0. The average molecular weight is 251 g/mol. The van der Waals surface area contributed by atoms with E-state index in [0.717, 1.165) is 22.6 Å². The molecule has 4 heteroatoms. The Morgan fingerprint density at radius 3 is 2.88 bits per heavy atom. The quantitative estimate of drug-likeness (QED) is 0.731. The molecule has 0 spiro atoms. The van der Waals surface area contributed by atoms with Gasteiger partial charge in [0.25, 0.3) is 0 Å². The Hall–Kier alpha value is -1.31. The molecule has 1 atom stereocenters. The number of rotatable bonds is 7. The first-order chi connectivity index (χ1) is 8.15. The van der Waals surface area contributed by atoms with Crippen molar-refractivity contribution in [1.29, 1.82) is 0 Å². The van der Waals surface area contributed by atoms with Gasteiger partial charge in [-0.3, -0.25) is 10.1 Å². The van der Waals surface area contributed by atoms with Gasteiger partial charge in [-0.1, -0.05) is 19.3 Å². The van der Waals surface area contributed by atoms with E-state index in [1.54, 1.807) is 0 Å². The first kappa shape index (κ1) is 13.8. The first-order valence-electron chi connectivity index (χ1n) is 5.64. The van der Waals surface area contributed by atoms with Crippen LogP contribution in [0.4, 0.5) is 0 Å². The highest BCUT2D eigenvalue weighted by Gasteiger charge is 2.06. The Morgan fingerprint density at radius 2 is 2.29 bits per heavy atom. The minimum atomic E-state index is -0.793. The van der Waals surface area contributed by atoms with Crippen LogP contribution in [0.1, 0.15) is 29.5 Å². The van der Waals surface area contributed by atoms with Crippen molar-refractivity contribution >= 4 is 17.3 Å². The Kier molecular flexibility index (Phi) is 5.75. The maximum Gasteiger partial charge on any atom is 0.308 e. The summed E-state index contributed by atoms with van der Waals surface area (Å²) >= 11 is 1.52. The molecule has 0 amide bonds. The van der Waals surface area contributed by atoms with Crippen molar-refractivity contribution in [2.24, 2.45) is 0 Å². The molecule has 0 aromatic carbocycles. The molecule has 0 saturated heterocycles. The van der Waals surface area contributed by atoms with E-state index in [-0.39, 0.29) is 12.5 Å². The van der Waals surface area contributed by atoms with Crippen LogP contribution in [-0.4, -0.2) is 17.1 Å². The molecule has 0 aliphatic rings. The molecule has 1 aromatic heterocycles. The molecule has 0 aliphatic carbocycles. The van der Waals surface area contributed by atoms with Gasteiger partial charge in [0.2, 0.25) is 0 Å². The van der Waals surface area contributed by atoms with Gasteiger partial charge < -0.3 is 5.11 Å². The summed E-state index contributed by atoms with van der Waals surface area (Å²) < 4.78 is 0. The fourth-order valence-corrected chi connectivity index (χ4v) is 2.48. The summed E-state index contributed by atoms with van der Waals surface area (Å²) in [6.07, 6.45) is 7.52. The van der Waals surface area contributed by atoms with Crippen LogP contribution in [0.3, 0.4) is 0 Å². The lowest BCUT2D eigenvalue weighted by atomic mass is 10.2. The normalized spacial score (nSPS) is 12.0. The van der Waals surface area contributed by atoms with E-state index < -0.39 is 5.97 Å². The zero-order chi connectivity index (χ0) is 12.7. The summed E-state index contributed by atoms with van der Waals surface area (Å²) in [6.45, 7) is 2.81. The number of hydrogen-bond donors (Lipinski definition) is 2. The molecular formula is C13H17NO2S. The van der Waals surface area contributed by atoms with E-state index in [4.69, 9.17) is 11.5 Å². The predicted octanol–water partition coefficient (Wildman–Crippen LogP) is 2.27. The summed E-state index contributed by atoms with van der Waals surface area (Å²) in [7, 11) is 0. The molecule has 1 heterocycles. The first-order valence-corrected chi connectivity index (χ1v) is 6.46. The lowest BCUT2D eigenvalue weighted by Gasteiger charge is -2.10. The van der Waals surface area contributed by atoms with Crippen LogP contribution in [-0.2, 0) is 17.8 Å². The summed E-state index contributed by atoms with van der Waals surface area (Å²) in [5, 5.41) is 11.9. The van der Waals surface area contributed by atoms with E-state index in [2.05, 4.69) is 18.2 Å². The molecule has 1 aromatic rings. The minimum absolute atomic E-state index is 0.0954. The Labute approximate surface area is 106 Å². The molecular weight excluding hydrogens is 234 g/mol. The smallest absolute Gasteiger partial charge is 0.308 e. The van der Waals surface area contributed by atoms with Crippen molar-refractivity contribution < 1.29 is 9.90 Å². The molecule has 1 rings (SSSR count). The number of nitrogens with one attached hydrogen (secondary N) is 1. The predicted molar refractivity (Wildman–Crippen MR) is 70.0 cm³/mol. The fraction of sp³-hybridized carbons (Fsp3) is 0.462. The number of carbonyl (C=O) groups is 1. The number of carboxylic acid groups (broad SMARTS) is 1. The maximum absolute atomic E-state index is 10.5. The molecule has 3 nitrogen and oxygen atoms in total. The molecule has 0 radical (unpaired) electrons. The van der Waals surface area contributed by atoms with Crippen molar-refractivity contribution in [3.05, 3.63) is 21.9 Å². The van der Waals surface area contributed by atoms with Gasteiger partial charge in [0.15, 0.2) is 0 Å². The summed E-state index contributed by atoms with van der Waals surface area (Å²) in [5.74, 6) is 1.92. The second kappa shape index (κ2) is 7.10. The summed E-state index contributed by atoms with van der Waals surface area (Å²) in [6, 6.07) is 3.92. The van der Waals surface area contributed by atoms with E-state index in [0.29, 0.717) is 6.54 Å². The third-order valence-electron chi connectivity index (χ3n) is 2.34. The van der Waals surface area contributed by atoms with Crippen molar-refractivity contribution in [3.8, 4) is 12.3 Å². The van der Waals surface area contributed by atoms with E-state index in [9.17, 15) is 4.79 Å². The molecule has 0 saturated carbocycles. The van der Waals surface area contributed by atoms with E-state index in [1.165, 1.54) is 11.3 Å². The van der Waals surface area contributed by atoms with Crippen molar-refractivity contribution in [1.82, 2.24) is 5.32 Å². The molecule has 2 N–H and O–H groups in total. The SMILES string of the molecule is C#CC(CCC)NCc1ccc(CC(=O)O)s1.